The number of nitrogens with zero attached hydrogens (tertiary/aromatic N) is 2. The third-order valence-electron chi connectivity index (χ3n) is 3.77. The lowest BCUT2D eigenvalue weighted by Crippen LogP contribution is -2.28. The van der Waals surface area contributed by atoms with Crippen LogP contribution in [0.3, 0.4) is 0 Å². The summed E-state index contributed by atoms with van der Waals surface area (Å²) in [6, 6.07) is 11.3. The molecule has 0 heterocycles. The topological polar surface area (TPSA) is 76.7 Å². The number of rotatable bonds is 4. The van der Waals surface area contributed by atoms with E-state index in [2.05, 4.69) is 33.4 Å². The van der Waals surface area contributed by atoms with E-state index in [-0.39, 0.29) is 12.3 Å². The molecule has 1 aliphatic rings. The minimum Gasteiger partial charge on any atom is -0.326 e. The van der Waals surface area contributed by atoms with Crippen molar-refractivity contribution in [2.24, 2.45) is 5.41 Å². The van der Waals surface area contributed by atoms with Crippen molar-refractivity contribution < 1.29 is 4.79 Å². The molecule has 1 aromatic rings. The number of halogens is 1. The molecule has 4 nitrogen and oxygen atoms in total. The third-order valence-corrected chi connectivity index (χ3v) is 4.30. The first kappa shape index (κ1) is 16.3. The standard InChI is InChI=1S/C17H16BrN3O/c18-14-6-8-15(9-7-14)21-16(22)10-17(11-19,12-20)13-4-2-1-3-5-13/h4,6-9H,1-3,5,10H2,(H,21,22). The molecule has 112 valence electrons. The Balaban J connectivity index is 2.12. The van der Waals surface area contributed by atoms with Gasteiger partial charge in [-0.3, -0.25) is 4.79 Å². The number of hydrogen-bond donors (Lipinski definition) is 1. The average molecular weight is 358 g/mol. The van der Waals surface area contributed by atoms with Gasteiger partial charge in [-0.15, -0.1) is 0 Å². The fraction of sp³-hybridized carbons (Fsp3) is 0.353. The highest BCUT2D eigenvalue weighted by Gasteiger charge is 2.37. The second-order valence-corrected chi connectivity index (χ2v) is 6.25. The molecular formula is C17H16BrN3O. The summed E-state index contributed by atoms with van der Waals surface area (Å²) in [6.45, 7) is 0. The lowest BCUT2D eigenvalue weighted by Gasteiger charge is -2.24. The van der Waals surface area contributed by atoms with Crippen LogP contribution in [0.2, 0.25) is 0 Å². The van der Waals surface area contributed by atoms with Crippen LogP contribution in [0.4, 0.5) is 5.69 Å². The second-order valence-electron chi connectivity index (χ2n) is 5.34. The number of carbonyl (C=O) groups excluding carboxylic acids is 1. The highest BCUT2D eigenvalue weighted by molar-refractivity contribution is 9.10. The predicted molar refractivity (Wildman–Crippen MR) is 87.6 cm³/mol. The van der Waals surface area contributed by atoms with Gasteiger partial charge in [-0.25, -0.2) is 0 Å². The Kier molecular flexibility index (Phi) is 5.35. The summed E-state index contributed by atoms with van der Waals surface area (Å²) < 4.78 is 0.918. The van der Waals surface area contributed by atoms with Gasteiger partial charge in [0.25, 0.3) is 0 Å². The maximum absolute atomic E-state index is 12.2. The molecule has 1 amide bonds. The third kappa shape index (κ3) is 3.75. The Hall–Kier alpha value is -2.11. The van der Waals surface area contributed by atoms with Crippen LogP contribution in [0, 0.1) is 28.1 Å². The Morgan fingerprint density at radius 2 is 1.91 bits per heavy atom. The predicted octanol–water partition coefficient (Wildman–Crippen LogP) is 4.31. The van der Waals surface area contributed by atoms with Crippen molar-refractivity contribution in [2.75, 3.05) is 5.32 Å². The van der Waals surface area contributed by atoms with E-state index < -0.39 is 5.41 Å². The molecule has 1 N–H and O–H groups in total. The van der Waals surface area contributed by atoms with E-state index in [0.717, 1.165) is 29.3 Å². The summed E-state index contributed by atoms with van der Waals surface area (Å²) in [7, 11) is 0. The van der Waals surface area contributed by atoms with Gasteiger partial charge in [0, 0.05) is 10.2 Å². The van der Waals surface area contributed by atoms with E-state index in [4.69, 9.17) is 0 Å². The number of nitriles is 2. The van der Waals surface area contributed by atoms with Crippen molar-refractivity contribution in [2.45, 2.75) is 32.1 Å². The van der Waals surface area contributed by atoms with E-state index in [1.54, 1.807) is 12.1 Å². The molecule has 2 rings (SSSR count). The minimum atomic E-state index is -1.35. The van der Waals surface area contributed by atoms with Gasteiger partial charge in [-0.05, 0) is 55.5 Å². The number of allylic oxidation sites excluding steroid dienone is 2. The molecule has 0 saturated carbocycles. The van der Waals surface area contributed by atoms with Crippen molar-refractivity contribution in [3.63, 3.8) is 0 Å². The van der Waals surface area contributed by atoms with Crippen molar-refractivity contribution >= 4 is 27.5 Å². The van der Waals surface area contributed by atoms with Crippen LogP contribution >= 0.6 is 15.9 Å². The van der Waals surface area contributed by atoms with E-state index in [9.17, 15) is 15.3 Å². The van der Waals surface area contributed by atoms with E-state index in [1.807, 2.05) is 18.2 Å². The highest BCUT2D eigenvalue weighted by atomic mass is 79.9. The highest BCUT2D eigenvalue weighted by Crippen LogP contribution is 2.36. The smallest absolute Gasteiger partial charge is 0.227 e. The van der Waals surface area contributed by atoms with Crippen LogP contribution in [-0.4, -0.2) is 5.91 Å². The van der Waals surface area contributed by atoms with Crippen LogP contribution in [0.25, 0.3) is 0 Å². The molecule has 0 spiro atoms. The number of benzene rings is 1. The van der Waals surface area contributed by atoms with E-state index in [1.165, 1.54) is 0 Å². The molecule has 0 saturated heterocycles. The van der Waals surface area contributed by atoms with E-state index >= 15 is 0 Å². The summed E-state index contributed by atoms with van der Waals surface area (Å²) in [4.78, 5) is 12.2. The summed E-state index contributed by atoms with van der Waals surface area (Å²) in [6.07, 6.45) is 5.43. The molecule has 0 aromatic heterocycles. The Labute approximate surface area is 138 Å². The first-order valence-corrected chi connectivity index (χ1v) is 7.96. The van der Waals surface area contributed by atoms with Gasteiger partial charge in [-0.1, -0.05) is 22.0 Å². The van der Waals surface area contributed by atoms with Gasteiger partial charge in [0.2, 0.25) is 5.91 Å². The monoisotopic (exact) mass is 357 g/mol. The summed E-state index contributed by atoms with van der Waals surface area (Å²) in [5, 5.41) is 21.7. The SMILES string of the molecule is N#CC(C#N)(CC(=O)Nc1ccc(Br)cc1)C1=CCCCC1. The van der Waals surface area contributed by atoms with Gasteiger partial charge >= 0.3 is 0 Å². The molecule has 0 aliphatic heterocycles. The average Bonchev–Trinajstić information content (AvgIpc) is 2.56. The van der Waals surface area contributed by atoms with Gasteiger partial charge in [0.1, 0.15) is 0 Å². The van der Waals surface area contributed by atoms with Crippen molar-refractivity contribution in [3.8, 4) is 12.1 Å². The lowest BCUT2D eigenvalue weighted by atomic mass is 9.75. The molecule has 0 bridgehead atoms. The van der Waals surface area contributed by atoms with Crippen LogP contribution in [0.5, 0.6) is 0 Å². The molecule has 0 radical (unpaired) electrons. The summed E-state index contributed by atoms with van der Waals surface area (Å²) in [5.41, 5.74) is 0.0881. The van der Waals surface area contributed by atoms with Crippen LogP contribution in [0.1, 0.15) is 32.1 Å². The van der Waals surface area contributed by atoms with Crippen LogP contribution < -0.4 is 5.32 Å². The van der Waals surface area contributed by atoms with E-state index in [0.29, 0.717) is 12.1 Å². The number of nitrogens with one attached hydrogen (secondary N) is 1. The summed E-state index contributed by atoms with van der Waals surface area (Å²) >= 11 is 3.33. The maximum atomic E-state index is 12.2. The molecule has 0 unspecified atom stereocenters. The van der Waals surface area contributed by atoms with Gasteiger partial charge in [0.05, 0.1) is 18.6 Å². The largest absolute Gasteiger partial charge is 0.326 e. The van der Waals surface area contributed by atoms with Crippen LogP contribution in [0.15, 0.2) is 40.4 Å². The fourth-order valence-corrected chi connectivity index (χ4v) is 2.83. The zero-order chi connectivity index (χ0) is 16.0. The zero-order valence-corrected chi connectivity index (χ0v) is 13.7. The zero-order valence-electron chi connectivity index (χ0n) is 12.1. The molecule has 0 fully saturated rings. The normalized spacial score (nSPS) is 14.4. The first-order chi connectivity index (χ1) is 10.6. The molecular weight excluding hydrogens is 342 g/mol. The minimum absolute atomic E-state index is 0.137. The van der Waals surface area contributed by atoms with Crippen molar-refractivity contribution in [1.29, 1.82) is 10.5 Å². The summed E-state index contributed by atoms with van der Waals surface area (Å²) in [5.74, 6) is -0.322. The number of hydrogen-bond acceptors (Lipinski definition) is 3. The van der Waals surface area contributed by atoms with Crippen molar-refractivity contribution in [3.05, 3.63) is 40.4 Å². The van der Waals surface area contributed by atoms with Crippen LogP contribution in [-0.2, 0) is 4.79 Å². The van der Waals surface area contributed by atoms with Gasteiger partial charge < -0.3 is 5.32 Å². The molecule has 1 aromatic carbocycles. The van der Waals surface area contributed by atoms with Crippen molar-refractivity contribution in [1.82, 2.24) is 0 Å². The second kappa shape index (κ2) is 7.24. The fourth-order valence-electron chi connectivity index (χ4n) is 2.57. The Morgan fingerprint density at radius 3 is 2.45 bits per heavy atom. The molecule has 1 aliphatic carbocycles. The van der Waals surface area contributed by atoms with Gasteiger partial charge in [0.15, 0.2) is 5.41 Å². The Morgan fingerprint density at radius 1 is 1.23 bits per heavy atom. The number of amides is 1. The molecule has 0 atom stereocenters. The van der Waals surface area contributed by atoms with Gasteiger partial charge in [-0.2, -0.15) is 10.5 Å². The quantitative estimate of drug-likeness (QED) is 0.815. The molecule has 5 heteroatoms. The lowest BCUT2D eigenvalue weighted by molar-refractivity contribution is -0.117. The first-order valence-electron chi connectivity index (χ1n) is 7.17. The number of anilines is 1. The number of carbonyl (C=O) groups is 1. The molecule has 22 heavy (non-hydrogen) atoms. The Bertz CT molecular complexity index is 651. The maximum Gasteiger partial charge on any atom is 0.227 e.